The molecular formula is C12H17N5O. The molecule has 6 heteroatoms. The van der Waals surface area contributed by atoms with Crippen LogP contribution in [0.5, 0.6) is 0 Å². The number of hydrogen-bond donors (Lipinski definition) is 1. The zero-order valence-corrected chi connectivity index (χ0v) is 10.7. The van der Waals surface area contributed by atoms with Crippen molar-refractivity contribution in [1.29, 1.82) is 0 Å². The van der Waals surface area contributed by atoms with E-state index >= 15 is 0 Å². The molecular weight excluding hydrogens is 230 g/mol. The number of aromatic amines is 1. The van der Waals surface area contributed by atoms with E-state index in [4.69, 9.17) is 0 Å². The van der Waals surface area contributed by atoms with Crippen LogP contribution in [0.3, 0.4) is 0 Å². The van der Waals surface area contributed by atoms with Gasteiger partial charge in [-0.15, -0.1) is 0 Å². The second-order valence-corrected chi connectivity index (χ2v) is 5.16. The molecule has 6 nitrogen and oxygen atoms in total. The SMILES string of the molecule is CN(Cc1nc2c(cnn2C)c(=O)[nH]1)CC1CC1. The molecule has 18 heavy (non-hydrogen) atoms. The number of rotatable bonds is 4. The summed E-state index contributed by atoms with van der Waals surface area (Å²) in [6, 6.07) is 0. The molecule has 1 saturated carbocycles. The van der Waals surface area contributed by atoms with Crippen LogP contribution in [0.25, 0.3) is 11.0 Å². The summed E-state index contributed by atoms with van der Waals surface area (Å²) >= 11 is 0. The Morgan fingerprint density at radius 3 is 3.06 bits per heavy atom. The zero-order chi connectivity index (χ0) is 12.7. The molecule has 0 amide bonds. The van der Waals surface area contributed by atoms with Crippen molar-refractivity contribution in [3.8, 4) is 0 Å². The van der Waals surface area contributed by atoms with Gasteiger partial charge in [-0.3, -0.25) is 14.4 Å². The molecule has 3 rings (SSSR count). The lowest BCUT2D eigenvalue weighted by Crippen LogP contribution is -2.24. The van der Waals surface area contributed by atoms with E-state index in [-0.39, 0.29) is 5.56 Å². The monoisotopic (exact) mass is 247 g/mol. The standard InChI is InChI=1S/C12H17N5O/c1-16(6-8-3-4-8)7-10-14-11-9(12(18)15-10)5-13-17(11)2/h5,8H,3-4,6-7H2,1-2H3,(H,14,15,18). The first kappa shape index (κ1) is 11.4. The van der Waals surface area contributed by atoms with Gasteiger partial charge in [0.1, 0.15) is 11.2 Å². The molecule has 0 aromatic carbocycles. The summed E-state index contributed by atoms with van der Waals surface area (Å²) in [6.07, 6.45) is 4.21. The highest BCUT2D eigenvalue weighted by Crippen LogP contribution is 2.29. The Bertz CT molecular complexity index is 625. The lowest BCUT2D eigenvalue weighted by Gasteiger charge is -2.15. The number of aryl methyl sites for hydroxylation is 1. The summed E-state index contributed by atoms with van der Waals surface area (Å²) in [6.45, 7) is 1.75. The van der Waals surface area contributed by atoms with E-state index < -0.39 is 0 Å². The Hall–Kier alpha value is -1.69. The fourth-order valence-corrected chi connectivity index (χ4v) is 2.21. The number of aromatic nitrogens is 4. The fourth-order valence-electron chi connectivity index (χ4n) is 2.21. The van der Waals surface area contributed by atoms with Gasteiger partial charge in [-0.25, -0.2) is 4.98 Å². The Kier molecular flexibility index (Phi) is 2.66. The molecule has 96 valence electrons. The molecule has 0 aliphatic heterocycles. The van der Waals surface area contributed by atoms with Crippen molar-refractivity contribution >= 4 is 11.0 Å². The van der Waals surface area contributed by atoms with Crippen LogP contribution in [-0.4, -0.2) is 38.2 Å². The summed E-state index contributed by atoms with van der Waals surface area (Å²) in [4.78, 5) is 21.4. The van der Waals surface area contributed by atoms with Gasteiger partial charge >= 0.3 is 0 Å². The van der Waals surface area contributed by atoms with Gasteiger partial charge in [0.15, 0.2) is 5.65 Å². The second kappa shape index (κ2) is 4.20. The quantitative estimate of drug-likeness (QED) is 0.854. The van der Waals surface area contributed by atoms with Gasteiger partial charge in [0.2, 0.25) is 0 Å². The first-order valence-corrected chi connectivity index (χ1v) is 6.23. The van der Waals surface area contributed by atoms with Crippen LogP contribution in [-0.2, 0) is 13.6 Å². The van der Waals surface area contributed by atoms with Crippen LogP contribution < -0.4 is 5.56 Å². The minimum Gasteiger partial charge on any atom is -0.309 e. The molecule has 2 aromatic heterocycles. The summed E-state index contributed by atoms with van der Waals surface area (Å²) in [5.41, 5.74) is 0.538. The minimum absolute atomic E-state index is 0.108. The van der Waals surface area contributed by atoms with Gasteiger partial charge in [-0.1, -0.05) is 0 Å². The predicted octanol–water partition coefficient (Wildman–Crippen LogP) is 0.498. The molecule has 0 spiro atoms. The maximum Gasteiger partial charge on any atom is 0.262 e. The van der Waals surface area contributed by atoms with Crippen molar-refractivity contribution in [1.82, 2.24) is 24.6 Å². The van der Waals surface area contributed by atoms with Gasteiger partial charge in [-0.05, 0) is 25.8 Å². The van der Waals surface area contributed by atoms with Crippen molar-refractivity contribution in [2.45, 2.75) is 19.4 Å². The first-order valence-electron chi connectivity index (χ1n) is 6.23. The lowest BCUT2D eigenvalue weighted by atomic mass is 10.3. The van der Waals surface area contributed by atoms with Crippen LogP contribution in [0.15, 0.2) is 11.0 Å². The van der Waals surface area contributed by atoms with E-state index in [0.29, 0.717) is 23.4 Å². The van der Waals surface area contributed by atoms with Crippen molar-refractivity contribution in [2.24, 2.45) is 13.0 Å². The average molecular weight is 247 g/mol. The van der Waals surface area contributed by atoms with Crippen molar-refractivity contribution in [3.63, 3.8) is 0 Å². The fraction of sp³-hybridized carbons (Fsp3) is 0.583. The number of nitrogens with one attached hydrogen (secondary N) is 1. The Morgan fingerprint density at radius 2 is 2.33 bits per heavy atom. The van der Waals surface area contributed by atoms with E-state index in [1.165, 1.54) is 12.8 Å². The molecule has 0 radical (unpaired) electrons. The number of hydrogen-bond acceptors (Lipinski definition) is 4. The third kappa shape index (κ3) is 2.15. The molecule has 1 aliphatic carbocycles. The van der Waals surface area contributed by atoms with Crippen LogP contribution >= 0.6 is 0 Å². The zero-order valence-electron chi connectivity index (χ0n) is 10.7. The Labute approximate surface area is 105 Å². The molecule has 0 atom stereocenters. The second-order valence-electron chi connectivity index (χ2n) is 5.16. The third-order valence-corrected chi connectivity index (χ3v) is 3.34. The van der Waals surface area contributed by atoms with E-state index in [9.17, 15) is 4.79 Å². The van der Waals surface area contributed by atoms with E-state index in [2.05, 4.69) is 27.0 Å². The van der Waals surface area contributed by atoms with E-state index in [0.717, 1.165) is 12.5 Å². The lowest BCUT2D eigenvalue weighted by molar-refractivity contribution is 0.305. The van der Waals surface area contributed by atoms with Crippen molar-refractivity contribution < 1.29 is 0 Å². The number of fused-ring (bicyclic) bond motifs is 1. The third-order valence-electron chi connectivity index (χ3n) is 3.34. The highest BCUT2D eigenvalue weighted by Gasteiger charge is 2.23. The molecule has 1 N–H and O–H groups in total. The molecule has 0 saturated heterocycles. The van der Waals surface area contributed by atoms with Crippen molar-refractivity contribution in [3.05, 3.63) is 22.4 Å². The van der Waals surface area contributed by atoms with Gasteiger partial charge in [0, 0.05) is 13.6 Å². The van der Waals surface area contributed by atoms with Crippen LogP contribution in [0, 0.1) is 5.92 Å². The van der Waals surface area contributed by atoms with Gasteiger partial charge in [0.25, 0.3) is 5.56 Å². The summed E-state index contributed by atoms with van der Waals surface area (Å²) in [5.74, 6) is 1.54. The normalized spacial score (nSPS) is 15.7. The molecule has 2 heterocycles. The summed E-state index contributed by atoms with van der Waals surface area (Å²) < 4.78 is 1.63. The van der Waals surface area contributed by atoms with Crippen LogP contribution in [0.1, 0.15) is 18.7 Å². The maximum absolute atomic E-state index is 11.9. The molecule has 1 aliphatic rings. The number of nitrogens with zero attached hydrogens (tertiary/aromatic N) is 4. The minimum atomic E-state index is -0.108. The predicted molar refractivity (Wildman–Crippen MR) is 68.2 cm³/mol. The van der Waals surface area contributed by atoms with E-state index in [1.54, 1.807) is 17.9 Å². The smallest absolute Gasteiger partial charge is 0.262 e. The van der Waals surface area contributed by atoms with Gasteiger partial charge < -0.3 is 4.98 Å². The first-order chi connectivity index (χ1) is 8.63. The molecule has 0 bridgehead atoms. The largest absolute Gasteiger partial charge is 0.309 e. The Morgan fingerprint density at radius 1 is 1.56 bits per heavy atom. The molecule has 2 aromatic rings. The van der Waals surface area contributed by atoms with Gasteiger partial charge in [-0.2, -0.15) is 5.10 Å². The van der Waals surface area contributed by atoms with Crippen molar-refractivity contribution in [2.75, 3.05) is 13.6 Å². The van der Waals surface area contributed by atoms with Gasteiger partial charge in [0.05, 0.1) is 12.7 Å². The maximum atomic E-state index is 11.9. The molecule has 0 unspecified atom stereocenters. The topological polar surface area (TPSA) is 66.8 Å². The summed E-state index contributed by atoms with van der Waals surface area (Å²) in [7, 11) is 3.86. The number of H-pyrrole nitrogens is 1. The Balaban J connectivity index is 1.86. The highest BCUT2D eigenvalue weighted by molar-refractivity contribution is 5.72. The van der Waals surface area contributed by atoms with Crippen LogP contribution in [0.2, 0.25) is 0 Å². The average Bonchev–Trinajstić information content (AvgIpc) is 3.03. The van der Waals surface area contributed by atoms with E-state index in [1.807, 2.05) is 0 Å². The van der Waals surface area contributed by atoms with Crippen LogP contribution in [0.4, 0.5) is 0 Å². The highest BCUT2D eigenvalue weighted by atomic mass is 16.1. The summed E-state index contributed by atoms with van der Waals surface area (Å²) in [5, 5.41) is 4.60. The molecule has 1 fully saturated rings.